The summed E-state index contributed by atoms with van der Waals surface area (Å²) in [4.78, 5) is 2.38. The van der Waals surface area contributed by atoms with Crippen LogP contribution in [0.5, 0.6) is 0 Å². The molecule has 0 aliphatic rings. The van der Waals surface area contributed by atoms with Crippen LogP contribution in [0.4, 0.5) is 17.1 Å². The van der Waals surface area contributed by atoms with Gasteiger partial charge in [-0.1, -0.05) is 158 Å². The molecule has 0 aliphatic heterocycles. The maximum Gasteiger partial charge on any atom is 0.0542 e. The Morgan fingerprint density at radius 2 is 0.768 bits per heavy atom. The van der Waals surface area contributed by atoms with Crippen molar-refractivity contribution in [1.82, 2.24) is 4.57 Å². The Labute approximate surface area is 325 Å². The fourth-order valence-electron chi connectivity index (χ4n) is 8.85. The molecule has 10 aromatic carbocycles. The first kappa shape index (κ1) is 32.0. The highest BCUT2D eigenvalue weighted by molar-refractivity contribution is 6.21. The van der Waals surface area contributed by atoms with Crippen LogP contribution in [-0.2, 0) is 0 Å². The highest BCUT2D eigenvalue weighted by Gasteiger charge is 2.20. The van der Waals surface area contributed by atoms with E-state index < -0.39 is 0 Å². The van der Waals surface area contributed by atoms with Gasteiger partial charge in [0.15, 0.2) is 0 Å². The van der Waals surface area contributed by atoms with E-state index in [1.54, 1.807) is 0 Å². The van der Waals surface area contributed by atoms with Crippen molar-refractivity contribution in [3.8, 4) is 27.9 Å². The molecule has 2 heteroatoms. The fourth-order valence-corrected chi connectivity index (χ4v) is 8.85. The normalized spacial score (nSPS) is 11.6. The van der Waals surface area contributed by atoms with Crippen molar-refractivity contribution in [2.24, 2.45) is 0 Å². The van der Waals surface area contributed by atoms with Gasteiger partial charge >= 0.3 is 0 Å². The van der Waals surface area contributed by atoms with E-state index in [2.05, 4.69) is 228 Å². The summed E-state index contributed by atoms with van der Waals surface area (Å²) in [5.41, 5.74) is 11.8. The molecule has 1 aromatic heterocycles. The average molecular weight is 713 g/mol. The Kier molecular flexibility index (Phi) is 7.53. The van der Waals surface area contributed by atoms with Crippen LogP contribution in [0.1, 0.15) is 0 Å². The molecule has 56 heavy (non-hydrogen) atoms. The lowest BCUT2D eigenvalue weighted by atomic mass is 9.86. The zero-order chi connectivity index (χ0) is 37.0. The summed E-state index contributed by atoms with van der Waals surface area (Å²) in [5, 5.41) is 9.97. The summed E-state index contributed by atoms with van der Waals surface area (Å²) in [6, 6.07) is 79.4. The Hall–Kier alpha value is -7.42. The zero-order valence-electron chi connectivity index (χ0n) is 30.7. The van der Waals surface area contributed by atoms with Crippen molar-refractivity contribution < 1.29 is 0 Å². The molecule has 0 saturated heterocycles. The molecule has 0 aliphatic carbocycles. The van der Waals surface area contributed by atoms with Crippen LogP contribution in [0, 0.1) is 0 Å². The van der Waals surface area contributed by atoms with E-state index in [-0.39, 0.29) is 0 Å². The SMILES string of the molecule is c1ccc(-c2c3ccccc3c(-c3ccc(N(c4ccccc4)c4ccc5c(c4)c4ccccc4n5-c4ccc5ccccc5c4)cc3)c3ccccc23)cc1. The summed E-state index contributed by atoms with van der Waals surface area (Å²) < 4.78 is 2.40. The van der Waals surface area contributed by atoms with Gasteiger partial charge in [0.1, 0.15) is 0 Å². The second kappa shape index (κ2) is 13.2. The molecule has 262 valence electrons. The number of para-hydroxylation sites is 2. The molecule has 0 N–H and O–H groups in total. The molecule has 0 radical (unpaired) electrons. The number of aromatic nitrogens is 1. The van der Waals surface area contributed by atoms with Crippen molar-refractivity contribution in [3.63, 3.8) is 0 Å². The first-order chi connectivity index (χ1) is 27.8. The van der Waals surface area contributed by atoms with Gasteiger partial charge in [-0.2, -0.15) is 0 Å². The minimum Gasteiger partial charge on any atom is -0.310 e. The second-order valence-electron chi connectivity index (χ2n) is 14.5. The number of nitrogens with zero attached hydrogens (tertiary/aromatic N) is 2. The van der Waals surface area contributed by atoms with Crippen LogP contribution in [0.15, 0.2) is 218 Å². The maximum absolute atomic E-state index is 2.40. The van der Waals surface area contributed by atoms with E-state index in [1.807, 2.05) is 0 Å². The van der Waals surface area contributed by atoms with Crippen LogP contribution < -0.4 is 4.90 Å². The highest BCUT2D eigenvalue weighted by atomic mass is 15.1. The first-order valence-corrected chi connectivity index (χ1v) is 19.3. The van der Waals surface area contributed by atoms with Crippen LogP contribution in [0.3, 0.4) is 0 Å². The lowest BCUT2D eigenvalue weighted by molar-refractivity contribution is 1.18. The Morgan fingerprint density at radius 3 is 1.43 bits per heavy atom. The van der Waals surface area contributed by atoms with Crippen molar-refractivity contribution in [3.05, 3.63) is 218 Å². The third-order valence-corrected chi connectivity index (χ3v) is 11.3. The summed E-state index contributed by atoms with van der Waals surface area (Å²) in [6.07, 6.45) is 0. The fraction of sp³-hybridized carbons (Fsp3) is 0. The van der Waals surface area contributed by atoms with Gasteiger partial charge in [0.05, 0.1) is 11.0 Å². The topological polar surface area (TPSA) is 8.17 Å². The van der Waals surface area contributed by atoms with Gasteiger partial charge in [-0.3, -0.25) is 0 Å². The van der Waals surface area contributed by atoms with E-state index >= 15 is 0 Å². The summed E-state index contributed by atoms with van der Waals surface area (Å²) >= 11 is 0. The lowest BCUT2D eigenvalue weighted by Crippen LogP contribution is -2.09. The molecular weight excluding hydrogens is 677 g/mol. The molecule has 0 saturated carbocycles. The third-order valence-electron chi connectivity index (χ3n) is 11.3. The van der Waals surface area contributed by atoms with E-state index in [0.29, 0.717) is 0 Å². The van der Waals surface area contributed by atoms with E-state index in [0.717, 1.165) is 22.7 Å². The summed E-state index contributed by atoms with van der Waals surface area (Å²) in [7, 11) is 0. The molecule has 0 atom stereocenters. The average Bonchev–Trinajstić information content (AvgIpc) is 3.60. The van der Waals surface area contributed by atoms with E-state index in [9.17, 15) is 0 Å². The number of fused-ring (bicyclic) bond motifs is 6. The minimum atomic E-state index is 1.10. The molecule has 0 unspecified atom stereocenters. The number of hydrogen-bond acceptors (Lipinski definition) is 1. The van der Waals surface area contributed by atoms with Crippen LogP contribution >= 0.6 is 0 Å². The van der Waals surface area contributed by atoms with Crippen molar-refractivity contribution in [2.75, 3.05) is 4.90 Å². The quantitative estimate of drug-likeness (QED) is 0.156. The largest absolute Gasteiger partial charge is 0.310 e. The van der Waals surface area contributed by atoms with Crippen molar-refractivity contribution >= 4 is 71.2 Å². The molecule has 1 heterocycles. The molecule has 0 bridgehead atoms. The predicted octanol–water partition coefficient (Wildman–Crippen LogP) is 15.0. The van der Waals surface area contributed by atoms with E-state index in [4.69, 9.17) is 0 Å². The molecule has 0 amide bonds. The summed E-state index contributed by atoms with van der Waals surface area (Å²) in [5.74, 6) is 0. The highest BCUT2D eigenvalue weighted by Crippen LogP contribution is 2.45. The third kappa shape index (κ3) is 5.19. The Bertz CT molecular complexity index is 3180. The number of hydrogen-bond donors (Lipinski definition) is 0. The predicted molar refractivity (Wildman–Crippen MR) is 239 cm³/mol. The van der Waals surface area contributed by atoms with Gasteiger partial charge < -0.3 is 9.47 Å². The molecular formula is C54H36N2. The van der Waals surface area contributed by atoms with Gasteiger partial charge in [-0.25, -0.2) is 0 Å². The maximum atomic E-state index is 2.40. The van der Waals surface area contributed by atoms with Gasteiger partial charge in [0.25, 0.3) is 0 Å². The molecule has 11 rings (SSSR count). The van der Waals surface area contributed by atoms with Gasteiger partial charge in [0.2, 0.25) is 0 Å². The Balaban J connectivity index is 1.07. The monoisotopic (exact) mass is 712 g/mol. The van der Waals surface area contributed by atoms with Crippen LogP contribution in [-0.4, -0.2) is 4.57 Å². The van der Waals surface area contributed by atoms with Crippen LogP contribution in [0.25, 0.3) is 82.1 Å². The first-order valence-electron chi connectivity index (χ1n) is 19.3. The van der Waals surface area contributed by atoms with Crippen molar-refractivity contribution in [2.45, 2.75) is 0 Å². The molecule has 0 fully saturated rings. The summed E-state index contributed by atoms with van der Waals surface area (Å²) in [6.45, 7) is 0. The number of anilines is 3. The number of benzene rings is 10. The molecule has 0 spiro atoms. The number of rotatable bonds is 6. The van der Waals surface area contributed by atoms with Crippen LogP contribution in [0.2, 0.25) is 0 Å². The smallest absolute Gasteiger partial charge is 0.0542 e. The van der Waals surface area contributed by atoms with E-state index in [1.165, 1.54) is 76.4 Å². The lowest BCUT2D eigenvalue weighted by Gasteiger charge is -2.26. The molecule has 2 nitrogen and oxygen atoms in total. The standard InChI is InChI=1S/C54H36N2/c1-3-16-38(17-4-1)53-46-22-9-11-24-48(46)54(49-25-12-10-23-47(49)53)39-28-30-42(31-29-39)55(41-19-5-2-6-20-41)44-33-34-52-50(36-44)45-21-13-14-26-51(45)56(52)43-32-27-37-15-7-8-18-40(37)35-43/h1-36H. The second-order valence-corrected chi connectivity index (χ2v) is 14.5. The van der Waals surface area contributed by atoms with Gasteiger partial charge in [0, 0.05) is 33.5 Å². The minimum absolute atomic E-state index is 1.10. The van der Waals surface area contributed by atoms with Gasteiger partial charge in [-0.15, -0.1) is 0 Å². The van der Waals surface area contributed by atoms with Gasteiger partial charge in [-0.05, 0) is 115 Å². The molecule has 11 aromatic rings. The van der Waals surface area contributed by atoms with Crippen molar-refractivity contribution in [1.29, 1.82) is 0 Å². The zero-order valence-corrected chi connectivity index (χ0v) is 30.7. The Morgan fingerprint density at radius 1 is 0.286 bits per heavy atom.